The van der Waals surface area contributed by atoms with Gasteiger partial charge < -0.3 is 8.54 Å². The Morgan fingerprint density at radius 1 is 1.62 bits per heavy atom. The second kappa shape index (κ2) is 5.08. The maximum absolute atomic E-state index is 5.27. The molecule has 0 heterocycles. The molecule has 0 aromatic heterocycles. The molecule has 8 heavy (non-hydrogen) atoms. The first kappa shape index (κ1) is 7.93. The van der Waals surface area contributed by atoms with Crippen molar-refractivity contribution < 1.29 is 8.54 Å². The zero-order valence-corrected chi connectivity index (χ0v) is 7.95. The van der Waals surface area contributed by atoms with Crippen LogP contribution in [-0.4, -0.2) is 19.0 Å². The van der Waals surface area contributed by atoms with E-state index >= 15 is 0 Å². The molecule has 0 radical (unpaired) electrons. The number of hydrogen-bond donors (Lipinski definition) is 0. The summed E-state index contributed by atoms with van der Waals surface area (Å²) < 4.78 is 10.1. The van der Waals surface area contributed by atoms with Gasteiger partial charge >= 0.3 is 10.0 Å². The SMILES string of the molecule is C=CO[SiH2]O[SiH](C)C. The summed E-state index contributed by atoms with van der Waals surface area (Å²) in [6.07, 6.45) is 1.45. The highest BCUT2D eigenvalue weighted by Gasteiger charge is 1.92. The van der Waals surface area contributed by atoms with Gasteiger partial charge in [0, 0.05) is 0 Å². The summed E-state index contributed by atoms with van der Waals surface area (Å²) in [5.41, 5.74) is 0. The average Bonchev–Trinajstić information content (AvgIpc) is 1.66. The molecule has 0 unspecified atom stereocenters. The quantitative estimate of drug-likeness (QED) is 0.321. The monoisotopic (exact) mass is 148 g/mol. The minimum atomic E-state index is -0.813. The molecule has 0 aliphatic carbocycles. The molecule has 0 aliphatic rings. The summed E-state index contributed by atoms with van der Waals surface area (Å²) in [5.74, 6) is 0. The molecule has 0 saturated carbocycles. The molecule has 0 saturated heterocycles. The van der Waals surface area contributed by atoms with Crippen LogP contribution >= 0.6 is 0 Å². The molecule has 0 spiro atoms. The van der Waals surface area contributed by atoms with Crippen LogP contribution in [0.4, 0.5) is 0 Å². The Kier molecular flexibility index (Phi) is 5.04. The Bertz CT molecular complexity index is 65.1. The van der Waals surface area contributed by atoms with Crippen LogP contribution in [-0.2, 0) is 8.54 Å². The van der Waals surface area contributed by atoms with Gasteiger partial charge in [0.2, 0.25) is 0 Å². The van der Waals surface area contributed by atoms with Crippen molar-refractivity contribution in [2.75, 3.05) is 0 Å². The Morgan fingerprint density at radius 2 is 2.25 bits per heavy atom. The summed E-state index contributed by atoms with van der Waals surface area (Å²) in [6.45, 7) is 7.65. The molecule has 2 nitrogen and oxygen atoms in total. The lowest BCUT2D eigenvalue weighted by Crippen LogP contribution is -2.12. The highest BCUT2D eigenvalue weighted by atomic mass is 28.4. The first-order valence-electron chi connectivity index (χ1n) is 2.61. The van der Waals surface area contributed by atoms with Crippen LogP contribution in [0.25, 0.3) is 0 Å². The molecule has 0 amide bonds. The Balaban J connectivity index is 2.81. The molecule has 0 aromatic carbocycles. The molecule has 0 fully saturated rings. The normalized spacial score (nSPS) is 10.9. The van der Waals surface area contributed by atoms with Gasteiger partial charge in [-0.3, -0.25) is 0 Å². The van der Waals surface area contributed by atoms with Gasteiger partial charge in [-0.25, -0.2) is 0 Å². The van der Waals surface area contributed by atoms with Crippen molar-refractivity contribution in [1.29, 1.82) is 0 Å². The van der Waals surface area contributed by atoms with Gasteiger partial charge in [0.15, 0.2) is 9.04 Å². The molecule has 4 heteroatoms. The molecule has 0 aliphatic heterocycles. The molecule has 0 atom stereocenters. The van der Waals surface area contributed by atoms with E-state index in [1.807, 2.05) is 0 Å². The molecular formula is C4H12O2Si2. The average molecular weight is 148 g/mol. The molecule has 0 N–H and O–H groups in total. The third kappa shape index (κ3) is 5.93. The van der Waals surface area contributed by atoms with Crippen molar-refractivity contribution in [3.63, 3.8) is 0 Å². The van der Waals surface area contributed by atoms with Gasteiger partial charge in [-0.15, -0.1) is 0 Å². The second-order valence-corrected chi connectivity index (χ2v) is 5.67. The van der Waals surface area contributed by atoms with E-state index in [0.717, 1.165) is 0 Å². The molecule has 0 bridgehead atoms. The number of rotatable bonds is 4. The first-order valence-corrected chi connectivity index (χ1v) is 6.55. The Labute approximate surface area is 54.3 Å². The van der Waals surface area contributed by atoms with Crippen LogP contribution in [0.3, 0.4) is 0 Å². The fourth-order valence-electron chi connectivity index (χ4n) is 0.223. The largest absolute Gasteiger partial charge is 0.532 e. The maximum atomic E-state index is 5.27. The van der Waals surface area contributed by atoms with Gasteiger partial charge in [0.25, 0.3) is 0 Å². The van der Waals surface area contributed by atoms with E-state index in [-0.39, 0.29) is 0 Å². The Hall–Kier alpha value is -0.0662. The van der Waals surface area contributed by atoms with Crippen LogP contribution in [0, 0.1) is 0 Å². The van der Waals surface area contributed by atoms with Crippen molar-refractivity contribution in [1.82, 2.24) is 0 Å². The molecular weight excluding hydrogens is 136 g/mol. The topological polar surface area (TPSA) is 18.5 Å². The zero-order valence-electron chi connectivity index (χ0n) is 5.39. The van der Waals surface area contributed by atoms with E-state index in [1.165, 1.54) is 6.26 Å². The highest BCUT2D eigenvalue weighted by Crippen LogP contribution is 1.80. The van der Waals surface area contributed by atoms with E-state index in [1.54, 1.807) is 0 Å². The lowest BCUT2D eigenvalue weighted by molar-refractivity contribution is 0.419. The third-order valence-corrected chi connectivity index (χ3v) is 4.17. The standard InChI is InChI=1S/C4H12O2Si2/c1-4-5-7-6-8(2)3/h4,8H,1,7H2,2-3H3. The van der Waals surface area contributed by atoms with Crippen LogP contribution in [0.2, 0.25) is 13.1 Å². The second-order valence-electron chi connectivity index (χ2n) is 1.67. The van der Waals surface area contributed by atoms with E-state index in [4.69, 9.17) is 8.54 Å². The minimum absolute atomic E-state index is 0.693. The minimum Gasteiger partial charge on any atom is -0.532 e. The molecule has 48 valence electrons. The summed E-state index contributed by atoms with van der Waals surface area (Å²) in [6, 6.07) is 0. The molecule has 0 rings (SSSR count). The van der Waals surface area contributed by atoms with Crippen molar-refractivity contribution >= 4 is 19.0 Å². The predicted octanol–water partition coefficient (Wildman–Crippen LogP) is 0.145. The van der Waals surface area contributed by atoms with Crippen LogP contribution in [0.1, 0.15) is 0 Å². The van der Waals surface area contributed by atoms with Gasteiger partial charge in [-0.1, -0.05) is 6.58 Å². The summed E-state index contributed by atoms with van der Waals surface area (Å²) in [4.78, 5) is 0. The molecule has 0 aromatic rings. The lowest BCUT2D eigenvalue weighted by Gasteiger charge is -2.03. The van der Waals surface area contributed by atoms with Crippen LogP contribution in [0.15, 0.2) is 12.8 Å². The first-order chi connectivity index (χ1) is 3.77. The van der Waals surface area contributed by atoms with Gasteiger partial charge in [0.05, 0.1) is 6.26 Å². The summed E-state index contributed by atoms with van der Waals surface area (Å²) >= 11 is 0. The van der Waals surface area contributed by atoms with Crippen molar-refractivity contribution in [2.45, 2.75) is 13.1 Å². The fourth-order valence-corrected chi connectivity index (χ4v) is 1.72. The number of hydrogen-bond acceptors (Lipinski definition) is 2. The van der Waals surface area contributed by atoms with Crippen molar-refractivity contribution in [3.05, 3.63) is 12.8 Å². The summed E-state index contributed by atoms with van der Waals surface area (Å²) in [5, 5.41) is 0. The van der Waals surface area contributed by atoms with Crippen molar-refractivity contribution in [3.8, 4) is 0 Å². The van der Waals surface area contributed by atoms with Crippen LogP contribution in [0.5, 0.6) is 0 Å². The van der Waals surface area contributed by atoms with Gasteiger partial charge in [0.1, 0.15) is 0 Å². The van der Waals surface area contributed by atoms with Gasteiger partial charge in [-0.05, 0) is 13.1 Å². The van der Waals surface area contributed by atoms with E-state index in [9.17, 15) is 0 Å². The van der Waals surface area contributed by atoms with E-state index in [2.05, 4.69) is 19.7 Å². The lowest BCUT2D eigenvalue weighted by atomic mass is 11.2. The van der Waals surface area contributed by atoms with Crippen molar-refractivity contribution in [2.24, 2.45) is 0 Å². The predicted molar refractivity (Wildman–Crippen MR) is 39.8 cm³/mol. The Morgan fingerprint density at radius 3 is 2.62 bits per heavy atom. The highest BCUT2D eigenvalue weighted by molar-refractivity contribution is 6.54. The van der Waals surface area contributed by atoms with E-state index in [0.29, 0.717) is 0 Å². The summed E-state index contributed by atoms with van der Waals surface area (Å²) in [7, 11) is -1.51. The van der Waals surface area contributed by atoms with E-state index < -0.39 is 19.0 Å². The maximum Gasteiger partial charge on any atom is 0.354 e. The fraction of sp³-hybridized carbons (Fsp3) is 0.500. The smallest absolute Gasteiger partial charge is 0.354 e. The third-order valence-electron chi connectivity index (χ3n) is 0.587. The van der Waals surface area contributed by atoms with Crippen LogP contribution < -0.4 is 0 Å². The zero-order chi connectivity index (χ0) is 6.41. The van der Waals surface area contributed by atoms with Gasteiger partial charge in [-0.2, -0.15) is 0 Å².